The van der Waals surface area contributed by atoms with Gasteiger partial charge in [0.25, 0.3) is 0 Å². The van der Waals surface area contributed by atoms with Gasteiger partial charge < -0.3 is 10.2 Å². The van der Waals surface area contributed by atoms with Gasteiger partial charge in [-0.05, 0) is 45.0 Å². The summed E-state index contributed by atoms with van der Waals surface area (Å²) in [6, 6.07) is 28.1. The minimum atomic E-state index is -1.13. The highest BCUT2D eigenvalue weighted by molar-refractivity contribution is 6.09. The largest absolute Gasteiger partial charge is 0.481 e. The standard InChI is InChI=1S/C27H18O4/c28-26(29)24-19-14-8-7-13-18(19)21-15-20(16-9-3-1-4-10-16)22(17-11-5-2-6-12-17)25(23(21)24)27(30)31/h1-15,24H,(H,28,29)(H,30,31). The molecule has 0 saturated carbocycles. The number of benzene rings is 4. The van der Waals surface area contributed by atoms with E-state index in [2.05, 4.69) is 0 Å². The second-order valence-corrected chi connectivity index (χ2v) is 7.53. The van der Waals surface area contributed by atoms with E-state index in [1.54, 1.807) is 12.1 Å². The molecule has 0 saturated heterocycles. The van der Waals surface area contributed by atoms with Gasteiger partial charge in [0.05, 0.1) is 5.56 Å². The molecule has 4 aromatic rings. The van der Waals surface area contributed by atoms with Gasteiger partial charge in [0, 0.05) is 5.56 Å². The van der Waals surface area contributed by atoms with Gasteiger partial charge in [-0.25, -0.2) is 4.79 Å². The maximum Gasteiger partial charge on any atom is 0.336 e. The molecule has 1 aliphatic rings. The Morgan fingerprint density at radius 3 is 1.84 bits per heavy atom. The Labute approximate surface area is 179 Å². The van der Waals surface area contributed by atoms with Crippen molar-refractivity contribution in [2.45, 2.75) is 5.92 Å². The van der Waals surface area contributed by atoms with Gasteiger partial charge in [-0.1, -0.05) is 84.9 Å². The molecule has 0 amide bonds. The zero-order chi connectivity index (χ0) is 21.5. The van der Waals surface area contributed by atoms with E-state index in [4.69, 9.17) is 0 Å². The summed E-state index contributed by atoms with van der Waals surface area (Å²) in [5, 5.41) is 20.4. The Morgan fingerprint density at radius 2 is 1.23 bits per heavy atom. The molecule has 4 aromatic carbocycles. The van der Waals surface area contributed by atoms with E-state index in [0.717, 1.165) is 22.3 Å². The lowest BCUT2D eigenvalue weighted by molar-refractivity contribution is -0.137. The number of carboxylic acid groups (broad SMARTS) is 2. The molecule has 0 fully saturated rings. The fourth-order valence-electron chi connectivity index (χ4n) is 4.60. The maximum absolute atomic E-state index is 12.7. The van der Waals surface area contributed by atoms with Gasteiger partial charge in [-0.15, -0.1) is 0 Å². The minimum absolute atomic E-state index is 0.0474. The van der Waals surface area contributed by atoms with Crippen molar-refractivity contribution in [1.29, 1.82) is 0 Å². The third-order valence-corrected chi connectivity index (χ3v) is 5.83. The van der Waals surface area contributed by atoms with Crippen LogP contribution in [-0.4, -0.2) is 22.2 Å². The van der Waals surface area contributed by atoms with Crippen LogP contribution >= 0.6 is 0 Å². The summed E-state index contributed by atoms with van der Waals surface area (Å²) in [5.74, 6) is -3.21. The fourth-order valence-corrected chi connectivity index (χ4v) is 4.60. The highest BCUT2D eigenvalue weighted by atomic mass is 16.4. The van der Waals surface area contributed by atoms with Gasteiger partial charge in [0.2, 0.25) is 0 Å². The van der Waals surface area contributed by atoms with Crippen molar-refractivity contribution in [3.8, 4) is 33.4 Å². The maximum atomic E-state index is 12.7. The molecule has 31 heavy (non-hydrogen) atoms. The number of hydrogen-bond acceptors (Lipinski definition) is 2. The van der Waals surface area contributed by atoms with E-state index in [9.17, 15) is 19.8 Å². The number of carbonyl (C=O) groups is 2. The quantitative estimate of drug-likeness (QED) is 0.441. The summed E-state index contributed by atoms with van der Waals surface area (Å²) in [6.07, 6.45) is 0. The molecule has 0 aliphatic heterocycles. The summed E-state index contributed by atoms with van der Waals surface area (Å²) in [5.41, 5.74) is 5.37. The zero-order valence-corrected chi connectivity index (χ0v) is 16.4. The lowest BCUT2D eigenvalue weighted by atomic mass is 9.83. The van der Waals surface area contributed by atoms with Gasteiger partial charge in [-0.2, -0.15) is 0 Å². The molecular weight excluding hydrogens is 388 g/mol. The lowest BCUT2D eigenvalue weighted by Gasteiger charge is -2.20. The summed E-state index contributed by atoms with van der Waals surface area (Å²) in [7, 11) is 0. The second kappa shape index (κ2) is 7.26. The molecule has 150 valence electrons. The van der Waals surface area contributed by atoms with Crippen molar-refractivity contribution < 1.29 is 19.8 Å². The summed E-state index contributed by atoms with van der Waals surface area (Å²) < 4.78 is 0. The van der Waals surface area contributed by atoms with E-state index >= 15 is 0 Å². The topological polar surface area (TPSA) is 74.6 Å². The van der Waals surface area contributed by atoms with Crippen LogP contribution in [0.25, 0.3) is 33.4 Å². The Bertz CT molecular complexity index is 1320. The van der Waals surface area contributed by atoms with Crippen LogP contribution in [0.2, 0.25) is 0 Å². The molecule has 4 heteroatoms. The van der Waals surface area contributed by atoms with E-state index in [1.807, 2.05) is 78.9 Å². The molecule has 1 unspecified atom stereocenters. The SMILES string of the molecule is O=C(O)c1c(-c2ccccc2)c(-c2ccccc2)cc2c1C(C(=O)O)c1ccccc1-2. The first kappa shape index (κ1) is 18.8. The fraction of sp³-hybridized carbons (Fsp3) is 0.0370. The Hall–Kier alpha value is -4.18. The third kappa shape index (κ3) is 2.92. The highest BCUT2D eigenvalue weighted by Gasteiger charge is 2.39. The first-order valence-corrected chi connectivity index (χ1v) is 9.95. The molecule has 1 aliphatic carbocycles. The molecule has 1 atom stereocenters. The van der Waals surface area contributed by atoms with E-state index in [1.165, 1.54) is 0 Å². The smallest absolute Gasteiger partial charge is 0.336 e. The third-order valence-electron chi connectivity index (χ3n) is 5.83. The van der Waals surface area contributed by atoms with Crippen molar-refractivity contribution in [3.63, 3.8) is 0 Å². The van der Waals surface area contributed by atoms with Crippen molar-refractivity contribution in [2.75, 3.05) is 0 Å². The number of hydrogen-bond donors (Lipinski definition) is 2. The monoisotopic (exact) mass is 406 g/mol. The average molecular weight is 406 g/mol. The van der Waals surface area contributed by atoms with Crippen LogP contribution in [0.1, 0.15) is 27.4 Å². The molecular formula is C27H18O4. The van der Waals surface area contributed by atoms with E-state index < -0.39 is 17.9 Å². The van der Waals surface area contributed by atoms with Crippen LogP contribution in [0.3, 0.4) is 0 Å². The summed E-state index contributed by atoms with van der Waals surface area (Å²) >= 11 is 0. The molecule has 0 spiro atoms. The average Bonchev–Trinajstić information content (AvgIpc) is 3.13. The number of aromatic carboxylic acids is 1. The Morgan fingerprint density at radius 1 is 0.645 bits per heavy atom. The molecule has 5 rings (SSSR count). The number of rotatable bonds is 4. The minimum Gasteiger partial charge on any atom is -0.481 e. The van der Waals surface area contributed by atoms with E-state index in [0.29, 0.717) is 22.3 Å². The van der Waals surface area contributed by atoms with Gasteiger partial charge in [0.1, 0.15) is 5.92 Å². The van der Waals surface area contributed by atoms with Crippen LogP contribution in [0.15, 0.2) is 91.0 Å². The van der Waals surface area contributed by atoms with Crippen molar-refractivity contribution in [1.82, 2.24) is 0 Å². The van der Waals surface area contributed by atoms with Crippen LogP contribution in [-0.2, 0) is 4.79 Å². The number of carboxylic acids is 2. The predicted molar refractivity (Wildman–Crippen MR) is 119 cm³/mol. The van der Waals surface area contributed by atoms with Crippen molar-refractivity contribution in [2.24, 2.45) is 0 Å². The van der Waals surface area contributed by atoms with Crippen LogP contribution < -0.4 is 0 Å². The van der Waals surface area contributed by atoms with Crippen LogP contribution in [0.4, 0.5) is 0 Å². The van der Waals surface area contributed by atoms with Gasteiger partial charge in [0.15, 0.2) is 0 Å². The summed E-state index contributed by atoms with van der Waals surface area (Å²) in [6.45, 7) is 0. The second-order valence-electron chi connectivity index (χ2n) is 7.53. The predicted octanol–water partition coefficient (Wildman–Crippen LogP) is 5.92. The summed E-state index contributed by atoms with van der Waals surface area (Å²) in [4.78, 5) is 25.0. The number of aliphatic carboxylic acids is 1. The zero-order valence-electron chi connectivity index (χ0n) is 16.4. The van der Waals surface area contributed by atoms with Gasteiger partial charge in [-0.3, -0.25) is 4.79 Å². The van der Waals surface area contributed by atoms with Crippen LogP contribution in [0.5, 0.6) is 0 Å². The van der Waals surface area contributed by atoms with Crippen molar-refractivity contribution >= 4 is 11.9 Å². The first-order chi connectivity index (χ1) is 15.1. The Balaban J connectivity index is 1.97. The first-order valence-electron chi connectivity index (χ1n) is 9.95. The normalized spacial score (nSPS) is 14.0. The van der Waals surface area contributed by atoms with Crippen molar-refractivity contribution in [3.05, 3.63) is 108 Å². The molecule has 2 N–H and O–H groups in total. The number of fused-ring (bicyclic) bond motifs is 3. The molecule has 0 bridgehead atoms. The van der Waals surface area contributed by atoms with E-state index in [-0.39, 0.29) is 5.56 Å². The molecule has 0 aromatic heterocycles. The Kier molecular flexibility index (Phi) is 4.41. The van der Waals surface area contributed by atoms with Gasteiger partial charge >= 0.3 is 11.9 Å². The lowest BCUT2D eigenvalue weighted by Crippen LogP contribution is -2.15. The molecule has 0 radical (unpaired) electrons. The molecule has 0 heterocycles. The molecule has 4 nitrogen and oxygen atoms in total. The highest BCUT2D eigenvalue weighted by Crippen LogP contribution is 2.51. The van der Waals surface area contributed by atoms with Crippen LogP contribution in [0, 0.1) is 0 Å².